The Bertz CT molecular complexity index is 1710. The molecular weight excluding hydrogens is 439 g/mol. The van der Waals surface area contributed by atoms with Gasteiger partial charge in [0, 0.05) is 22.7 Å². The fraction of sp³-hybridized carbons (Fsp3) is 0.0625. The molecular formula is C32H23BN2O. The van der Waals surface area contributed by atoms with Crippen LogP contribution in [-0.2, 0) is 0 Å². The second-order valence-electron chi connectivity index (χ2n) is 9.88. The highest BCUT2D eigenvalue weighted by atomic mass is 16.5. The van der Waals surface area contributed by atoms with E-state index >= 15 is 0 Å². The molecule has 0 spiro atoms. The summed E-state index contributed by atoms with van der Waals surface area (Å²) < 4.78 is 6.47. The normalized spacial score (nSPS) is 13.9. The number of anilines is 6. The van der Waals surface area contributed by atoms with E-state index in [4.69, 9.17) is 4.74 Å². The average Bonchev–Trinajstić information content (AvgIpc) is 2.92. The first-order valence-corrected chi connectivity index (χ1v) is 12.5. The Morgan fingerprint density at radius 1 is 0.556 bits per heavy atom. The Labute approximate surface area is 211 Å². The number of hydrogen-bond donors (Lipinski definition) is 0. The summed E-state index contributed by atoms with van der Waals surface area (Å²) in [6, 6.07) is 36.9. The highest BCUT2D eigenvalue weighted by molar-refractivity contribution is 7.00. The van der Waals surface area contributed by atoms with Crippen LogP contribution in [0.5, 0.6) is 11.5 Å². The van der Waals surface area contributed by atoms with Crippen LogP contribution in [0.15, 0.2) is 103 Å². The van der Waals surface area contributed by atoms with Gasteiger partial charge in [-0.15, -0.1) is 0 Å². The molecule has 0 radical (unpaired) electrons. The van der Waals surface area contributed by atoms with Crippen molar-refractivity contribution in [3.8, 4) is 11.5 Å². The van der Waals surface area contributed by atoms with Gasteiger partial charge in [0.2, 0.25) is 0 Å². The molecule has 0 aromatic heterocycles. The molecule has 0 unspecified atom stereocenters. The van der Waals surface area contributed by atoms with Crippen molar-refractivity contribution in [1.29, 1.82) is 0 Å². The summed E-state index contributed by atoms with van der Waals surface area (Å²) in [5.74, 6) is 1.81. The largest absolute Gasteiger partial charge is 0.453 e. The van der Waals surface area contributed by atoms with Crippen LogP contribution >= 0.6 is 0 Å². The quantitative estimate of drug-likeness (QED) is 0.259. The van der Waals surface area contributed by atoms with Gasteiger partial charge < -0.3 is 14.5 Å². The number of hydrogen-bond acceptors (Lipinski definition) is 3. The van der Waals surface area contributed by atoms with Gasteiger partial charge in [-0.3, -0.25) is 0 Å². The van der Waals surface area contributed by atoms with Crippen LogP contribution < -0.4 is 30.9 Å². The molecule has 36 heavy (non-hydrogen) atoms. The molecule has 0 aliphatic carbocycles. The predicted octanol–water partition coefficient (Wildman–Crippen LogP) is 6.49. The van der Waals surface area contributed by atoms with Gasteiger partial charge in [-0.25, -0.2) is 0 Å². The second-order valence-corrected chi connectivity index (χ2v) is 9.88. The molecule has 0 N–H and O–H groups in total. The maximum atomic E-state index is 6.47. The van der Waals surface area contributed by atoms with Crippen molar-refractivity contribution in [3.05, 3.63) is 114 Å². The fourth-order valence-electron chi connectivity index (χ4n) is 6.54. The first kappa shape index (κ1) is 19.8. The third-order valence-electron chi connectivity index (χ3n) is 7.82. The summed E-state index contributed by atoms with van der Waals surface area (Å²) in [5, 5.41) is 0. The highest BCUT2D eigenvalue weighted by Gasteiger charge is 2.46. The molecule has 3 heterocycles. The number of aryl methyl sites for hydroxylation is 2. The minimum absolute atomic E-state index is 0.129. The summed E-state index contributed by atoms with van der Waals surface area (Å²) in [5.41, 5.74) is 13.8. The van der Waals surface area contributed by atoms with Gasteiger partial charge in [0.15, 0.2) is 11.5 Å². The van der Waals surface area contributed by atoms with E-state index in [0.29, 0.717) is 0 Å². The van der Waals surface area contributed by atoms with Crippen LogP contribution in [0.2, 0.25) is 0 Å². The number of rotatable bonds is 1. The third-order valence-corrected chi connectivity index (χ3v) is 7.82. The minimum Gasteiger partial charge on any atom is -0.453 e. The van der Waals surface area contributed by atoms with E-state index in [2.05, 4.69) is 121 Å². The zero-order valence-corrected chi connectivity index (χ0v) is 20.2. The van der Waals surface area contributed by atoms with E-state index < -0.39 is 0 Å². The summed E-state index contributed by atoms with van der Waals surface area (Å²) >= 11 is 0. The molecule has 3 aliphatic heterocycles. The number of para-hydroxylation sites is 5. The van der Waals surface area contributed by atoms with E-state index in [1.807, 2.05) is 6.07 Å². The molecule has 170 valence electrons. The smallest absolute Gasteiger partial charge is 0.252 e. The van der Waals surface area contributed by atoms with E-state index in [-0.39, 0.29) is 6.71 Å². The topological polar surface area (TPSA) is 15.7 Å². The molecule has 0 fully saturated rings. The molecule has 3 nitrogen and oxygen atoms in total. The molecule has 0 atom stereocenters. The van der Waals surface area contributed by atoms with Gasteiger partial charge >= 0.3 is 0 Å². The second kappa shape index (κ2) is 7.05. The molecule has 4 heteroatoms. The third kappa shape index (κ3) is 2.43. The van der Waals surface area contributed by atoms with Crippen molar-refractivity contribution in [2.75, 3.05) is 9.80 Å². The lowest BCUT2D eigenvalue weighted by molar-refractivity contribution is 0.477. The van der Waals surface area contributed by atoms with Crippen LogP contribution in [0, 0.1) is 13.8 Å². The number of benzene rings is 5. The van der Waals surface area contributed by atoms with Crippen molar-refractivity contribution >= 4 is 57.2 Å². The molecule has 0 amide bonds. The van der Waals surface area contributed by atoms with Crippen LogP contribution in [0.1, 0.15) is 11.1 Å². The van der Waals surface area contributed by atoms with Crippen molar-refractivity contribution < 1.29 is 4.74 Å². The standard InChI is InChI=1S/C32H23BN2O/c1-20-19-21(2)31-29-30(20)34(22-11-4-3-5-12-22)25-15-7-6-13-23(25)33(29)24-14-10-18-28-32(24)35(31)26-16-8-9-17-27(26)36-28/h3-19H,1-2H3. The lowest BCUT2D eigenvalue weighted by Crippen LogP contribution is -2.62. The number of fused-ring (bicyclic) bond motifs is 6. The first-order chi connectivity index (χ1) is 17.7. The molecule has 5 aromatic carbocycles. The maximum absolute atomic E-state index is 6.47. The number of nitrogens with zero attached hydrogens (tertiary/aromatic N) is 2. The van der Waals surface area contributed by atoms with Gasteiger partial charge in [-0.2, -0.15) is 0 Å². The van der Waals surface area contributed by atoms with Crippen LogP contribution in [0.4, 0.5) is 34.1 Å². The van der Waals surface area contributed by atoms with E-state index in [9.17, 15) is 0 Å². The van der Waals surface area contributed by atoms with Crippen LogP contribution in [0.25, 0.3) is 0 Å². The SMILES string of the molecule is Cc1cc(C)c2c3c1N(c1ccccc1)c1ccccc1B3c1cccc3c1N2c1ccccc1O3. The molecule has 0 bridgehead atoms. The monoisotopic (exact) mass is 462 g/mol. The molecule has 0 saturated heterocycles. The van der Waals surface area contributed by atoms with Gasteiger partial charge in [0.05, 0.1) is 11.4 Å². The van der Waals surface area contributed by atoms with E-state index in [0.717, 1.165) is 22.9 Å². The zero-order chi connectivity index (χ0) is 24.0. The van der Waals surface area contributed by atoms with Gasteiger partial charge in [-0.05, 0) is 77.8 Å². The Kier molecular flexibility index (Phi) is 3.88. The van der Waals surface area contributed by atoms with Gasteiger partial charge in [0.25, 0.3) is 6.71 Å². The van der Waals surface area contributed by atoms with Crippen LogP contribution in [0.3, 0.4) is 0 Å². The molecule has 8 rings (SSSR count). The lowest BCUT2D eigenvalue weighted by atomic mass is 9.33. The summed E-state index contributed by atoms with van der Waals surface area (Å²) in [4.78, 5) is 4.91. The summed E-state index contributed by atoms with van der Waals surface area (Å²) in [7, 11) is 0. The van der Waals surface area contributed by atoms with Gasteiger partial charge in [-0.1, -0.05) is 66.7 Å². The summed E-state index contributed by atoms with van der Waals surface area (Å²) in [6.07, 6.45) is 0. The Morgan fingerprint density at radius 3 is 2.03 bits per heavy atom. The Morgan fingerprint density at radius 2 is 1.19 bits per heavy atom. The average molecular weight is 462 g/mol. The highest BCUT2D eigenvalue weighted by Crippen LogP contribution is 2.53. The van der Waals surface area contributed by atoms with Crippen LogP contribution in [-0.4, -0.2) is 6.71 Å². The Hall–Kier alpha value is -4.44. The first-order valence-electron chi connectivity index (χ1n) is 12.5. The number of ether oxygens (including phenoxy) is 1. The maximum Gasteiger partial charge on any atom is 0.252 e. The molecule has 5 aromatic rings. The fourth-order valence-corrected chi connectivity index (χ4v) is 6.54. The van der Waals surface area contributed by atoms with Crippen molar-refractivity contribution in [2.45, 2.75) is 13.8 Å². The van der Waals surface area contributed by atoms with E-state index in [1.54, 1.807) is 0 Å². The van der Waals surface area contributed by atoms with Gasteiger partial charge in [0.1, 0.15) is 0 Å². The van der Waals surface area contributed by atoms with Crippen molar-refractivity contribution in [3.63, 3.8) is 0 Å². The molecule has 3 aliphatic rings. The summed E-state index contributed by atoms with van der Waals surface area (Å²) in [6.45, 7) is 4.63. The zero-order valence-electron chi connectivity index (χ0n) is 20.2. The lowest BCUT2D eigenvalue weighted by Gasteiger charge is -2.47. The Balaban J connectivity index is 1.54. The molecule has 0 saturated carbocycles. The van der Waals surface area contributed by atoms with Crippen molar-refractivity contribution in [2.24, 2.45) is 0 Å². The van der Waals surface area contributed by atoms with E-state index in [1.165, 1.54) is 50.3 Å². The minimum atomic E-state index is 0.129. The predicted molar refractivity (Wildman–Crippen MR) is 150 cm³/mol. The van der Waals surface area contributed by atoms with Crippen molar-refractivity contribution in [1.82, 2.24) is 0 Å².